The fraction of sp³-hybridized carbons (Fsp3) is 0.800. The molecule has 1 aliphatic heterocycles. The molecule has 1 aliphatic rings. The molecule has 2 amide bonds. The molecule has 1 heterocycles. The van der Waals surface area contributed by atoms with Gasteiger partial charge < -0.3 is 20.4 Å². The van der Waals surface area contributed by atoms with Gasteiger partial charge in [-0.05, 0) is 19.8 Å². The third kappa shape index (κ3) is 5.91. The zero-order valence-corrected chi connectivity index (χ0v) is 14.3. The Morgan fingerprint density at radius 3 is 2.73 bits per heavy atom. The van der Waals surface area contributed by atoms with E-state index in [2.05, 4.69) is 29.5 Å². The number of aliphatic imine (C=N–C) groups is 1. The second-order valence-electron chi connectivity index (χ2n) is 6.06. The first kappa shape index (κ1) is 18.3. The Morgan fingerprint density at radius 1 is 1.50 bits per heavy atom. The number of nitrogens with one attached hydrogen (secondary N) is 2. The number of nitrogens with zero attached hydrogens (tertiary/aromatic N) is 3. The highest BCUT2D eigenvalue weighted by Crippen LogP contribution is 2.09. The van der Waals surface area contributed by atoms with E-state index >= 15 is 0 Å². The topological polar surface area (TPSA) is 77.0 Å². The number of guanidine groups is 1. The van der Waals surface area contributed by atoms with Gasteiger partial charge in [0.2, 0.25) is 11.8 Å². The minimum atomic E-state index is -0.0406. The van der Waals surface area contributed by atoms with Crippen molar-refractivity contribution >= 4 is 17.8 Å². The quantitative estimate of drug-likeness (QED) is 0.555. The largest absolute Gasteiger partial charge is 0.354 e. The van der Waals surface area contributed by atoms with E-state index in [1.54, 1.807) is 19.0 Å². The van der Waals surface area contributed by atoms with E-state index in [0.717, 1.165) is 12.8 Å². The molecule has 0 radical (unpaired) electrons. The van der Waals surface area contributed by atoms with E-state index in [-0.39, 0.29) is 30.4 Å². The minimum Gasteiger partial charge on any atom is -0.354 e. The van der Waals surface area contributed by atoms with Crippen LogP contribution in [-0.2, 0) is 9.59 Å². The van der Waals surface area contributed by atoms with Crippen molar-refractivity contribution in [2.24, 2.45) is 4.99 Å². The van der Waals surface area contributed by atoms with E-state index in [1.807, 2.05) is 7.05 Å². The van der Waals surface area contributed by atoms with Crippen molar-refractivity contribution in [2.75, 3.05) is 34.2 Å². The first-order chi connectivity index (χ1) is 10.3. The predicted molar refractivity (Wildman–Crippen MR) is 87.7 cm³/mol. The van der Waals surface area contributed by atoms with E-state index < -0.39 is 0 Å². The van der Waals surface area contributed by atoms with Gasteiger partial charge in [0.05, 0.1) is 0 Å². The molecule has 0 aliphatic carbocycles. The van der Waals surface area contributed by atoms with E-state index in [1.165, 1.54) is 4.90 Å². The van der Waals surface area contributed by atoms with Crippen molar-refractivity contribution < 1.29 is 9.59 Å². The number of hydrogen-bond donors (Lipinski definition) is 2. The third-order valence-electron chi connectivity index (χ3n) is 3.83. The van der Waals surface area contributed by atoms with Crippen LogP contribution in [0.1, 0.15) is 33.1 Å². The second kappa shape index (κ2) is 8.60. The molecule has 1 rings (SSSR count). The summed E-state index contributed by atoms with van der Waals surface area (Å²) in [5.41, 5.74) is 0. The summed E-state index contributed by atoms with van der Waals surface area (Å²) in [6, 6.07) is 0.427. The Labute approximate surface area is 133 Å². The number of piperidine rings is 1. The molecule has 0 aromatic carbocycles. The smallest absolute Gasteiger partial charge is 0.243 e. The molecule has 22 heavy (non-hydrogen) atoms. The second-order valence-corrected chi connectivity index (χ2v) is 6.06. The van der Waals surface area contributed by atoms with E-state index in [9.17, 15) is 9.59 Å². The molecule has 7 heteroatoms. The summed E-state index contributed by atoms with van der Waals surface area (Å²) < 4.78 is 0. The highest BCUT2D eigenvalue weighted by Gasteiger charge is 2.23. The van der Waals surface area contributed by atoms with Gasteiger partial charge in [-0.2, -0.15) is 0 Å². The van der Waals surface area contributed by atoms with Crippen molar-refractivity contribution in [3.63, 3.8) is 0 Å². The summed E-state index contributed by atoms with van der Waals surface area (Å²) in [7, 11) is 5.24. The summed E-state index contributed by atoms with van der Waals surface area (Å²) >= 11 is 0. The molecule has 7 nitrogen and oxygen atoms in total. The van der Waals surface area contributed by atoms with Gasteiger partial charge in [-0.3, -0.25) is 9.59 Å². The number of amides is 2. The Balaban J connectivity index is 2.67. The maximum atomic E-state index is 11.7. The van der Waals surface area contributed by atoms with Crippen molar-refractivity contribution in [3.05, 3.63) is 0 Å². The predicted octanol–water partition coefficient (Wildman–Crippen LogP) is 0.0291. The zero-order valence-electron chi connectivity index (χ0n) is 14.3. The normalized spacial score (nSPS) is 20.6. The summed E-state index contributed by atoms with van der Waals surface area (Å²) in [5.74, 6) is 0.771. The molecule has 0 aromatic heterocycles. The first-order valence-corrected chi connectivity index (χ1v) is 7.85. The summed E-state index contributed by atoms with van der Waals surface area (Å²) in [6.45, 7) is 4.93. The standard InChI is InChI=1S/C15H29N5O2/c1-6-11(2)17-15(16-9-14(22)19(3)4)18-12-7-8-13(21)20(5)10-12/h11-12H,6-10H2,1-5H3,(H2,16,17,18). The molecular formula is C15H29N5O2. The molecule has 1 saturated heterocycles. The highest BCUT2D eigenvalue weighted by molar-refractivity contribution is 5.85. The van der Waals surface area contributed by atoms with Crippen LogP contribution in [0.5, 0.6) is 0 Å². The molecule has 2 N–H and O–H groups in total. The fourth-order valence-corrected chi connectivity index (χ4v) is 2.08. The van der Waals surface area contributed by atoms with Crippen LogP contribution in [0.2, 0.25) is 0 Å². The summed E-state index contributed by atoms with van der Waals surface area (Å²) in [5, 5.41) is 6.64. The Hall–Kier alpha value is -1.79. The van der Waals surface area contributed by atoms with Crippen molar-refractivity contribution in [1.29, 1.82) is 0 Å². The summed E-state index contributed by atoms with van der Waals surface area (Å²) in [6.07, 6.45) is 2.29. The lowest BCUT2D eigenvalue weighted by Crippen LogP contribution is -2.53. The Kier molecular flexibility index (Phi) is 7.14. The van der Waals surface area contributed by atoms with Crippen molar-refractivity contribution in [2.45, 2.75) is 45.2 Å². The van der Waals surface area contributed by atoms with Gasteiger partial charge in [-0.25, -0.2) is 4.99 Å². The van der Waals surface area contributed by atoms with Gasteiger partial charge in [-0.1, -0.05) is 6.92 Å². The van der Waals surface area contributed by atoms with Gasteiger partial charge in [0.25, 0.3) is 0 Å². The monoisotopic (exact) mass is 311 g/mol. The molecule has 0 bridgehead atoms. The van der Waals surface area contributed by atoms with Gasteiger partial charge in [0, 0.05) is 46.2 Å². The molecule has 1 fully saturated rings. The third-order valence-corrected chi connectivity index (χ3v) is 3.83. The lowest BCUT2D eigenvalue weighted by atomic mass is 10.1. The molecule has 0 aromatic rings. The number of likely N-dealkylation sites (tertiary alicyclic amines) is 1. The molecular weight excluding hydrogens is 282 g/mol. The SMILES string of the molecule is CCC(C)NC(=NCC(=O)N(C)C)NC1CCC(=O)N(C)C1. The van der Waals surface area contributed by atoms with Gasteiger partial charge in [-0.15, -0.1) is 0 Å². The minimum absolute atomic E-state index is 0.0406. The Morgan fingerprint density at radius 2 is 2.18 bits per heavy atom. The van der Waals surface area contributed by atoms with Crippen LogP contribution in [0, 0.1) is 0 Å². The lowest BCUT2D eigenvalue weighted by Gasteiger charge is -2.31. The average Bonchev–Trinajstić information content (AvgIpc) is 2.47. The lowest BCUT2D eigenvalue weighted by molar-refractivity contribution is -0.132. The average molecular weight is 311 g/mol. The van der Waals surface area contributed by atoms with Crippen LogP contribution in [-0.4, -0.2) is 73.9 Å². The molecule has 0 saturated carbocycles. The van der Waals surface area contributed by atoms with Crippen molar-refractivity contribution in [1.82, 2.24) is 20.4 Å². The van der Waals surface area contributed by atoms with Gasteiger partial charge in [0.15, 0.2) is 5.96 Å². The number of hydrogen-bond acceptors (Lipinski definition) is 3. The van der Waals surface area contributed by atoms with Crippen LogP contribution in [0.4, 0.5) is 0 Å². The van der Waals surface area contributed by atoms with Crippen LogP contribution in [0.25, 0.3) is 0 Å². The van der Waals surface area contributed by atoms with Crippen LogP contribution in [0.15, 0.2) is 4.99 Å². The summed E-state index contributed by atoms with van der Waals surface area (Å²) in [4.78, 5) is 30.9. The molecule has 0 spiro atoms. The first-order valence-electron chi connectivity index (χ1n) is 7.85. The highest BCUT2D eigenvalue weighted by atomic mass is 16.2. The molecule has 2 atom stereocenters. The Bertz CT molecular complexity index is 422. The molecule has 126 valence electrons. The molecule has 2 unspecified atom stereocenters. The zero-order chi connectivity index (χ0) is 16.7. The number of rotatable bonds is 5. The van der Waals surface area contributed by atoms with Gasteiger partial charge >= 0.3 is 0 Å². The maximum absolute atomic E-state index is 11.7. The maximum Gasteiger partial charge on any atom is 0.243 e. The van der Waals surface area contributed by atoms with Crippen LogP contribution >= 0.6 is 0 Å². The van der Waals surface area contributed by atoms with Crippen molar-refractivity contribution in [3.8, 4) is 0 Å². The fourth-order valence-electron chi connectivity index (χ4n) is 2.08. The van der Waals surface area contributed by atoms with Gasteiger partial charge in [0.1, 0.15) is 6.54 Å². The van der Waals surface area contributed by atoms with E-state index in [0.29, 0.717) is 18.9 Å². The van der Waals surface area contributed by atoms with Crippen LogP contribution < -0.4 is 10.6 Å². The number of likely N-dealkylation sites (N-methyl/N-ethyl adjacent to an activating group) is 2. The van der Waals surface area contributed by atoms with E-state index in [4.69, 9.17) is 0 Å². The number of carbonyl (C=O) groups is 2. The van der Waals surface area contributed by atoms with Crippen LogP contribution in [0.3, 0.4) is 0 Å². The number of carbonyl (C=O) groups excluding carboxylic acids is 2.